The van der Waals surface area contributed by atoms with Crippen LogP contribution in [0.2, 0.25) is 0 Å². The van der Waals surface area contributed by atoms with E-state index in [2.05, 4.69) is 0 Å². The molecule has 0 heterocycles. The average molecular weight is 199 g/mol. The number of aryl methyl sites for hydroxylation is 2. The van der Waals surface area contributed by atoms with Gasteiger partial charge >= 0.3 is 0 Å². The molecule has 78 valence electrons. The van der Waals surface area contributed by atoms with Crippen LogP contribution >= 0.6 is 0 Å². The molecule has 0 saturated heterocycles. The summed E-state index contributed by atoms with van der Waals surface area (Å²) < 4.78 is 27.2. The first-order valence-electron chi connectivity index (χ1n) is 4.63. The molecule has 0 saturated carbocycles. The van der Waals surface area contributed by atoms with Crippen molar-refractivity contribution in [3.8, 4) is 0 Å². The van der Waals surface area contributed by atoms with Crippen molar-refractivity contribution in [2.75, 3.05) is 6.54 Å². The van der Waals surface area contributed by atoms with Crippen LogP contribution in [0.4, 0.5) is 8.78 Å². The van der Waals surface area contributed by atoms with Gasteiger partial charge < -0.3 is 5.73 Å². The number of halogens is 2. The SMILES string of the molecule is Cc1cccc(C)c1C(F)(F)CCN. The lowest BCUT2D eigenvalue weighted by Crippen LogP contribution is -2.21. The smallest absolute Gasteiger partial charge is 0.274 e. The highest BCUT2D eigenvalue weighted by molar-refractivity contribution is 5.36. The van der Waals surface area contributed by atoms with Crippen LogP contribution in [0.5, 0.6) is 0 Å². The highest BCUT2D eigenvalue weighted by Crippen LogP contribution is 2.35. The van der Waals surface area contributed by atoms with Gasteiger partial charge in [0.1, 0.15) is 0 Å². The molecule has 3 heteroatoms. The molecule has 1 aromatic carbocycles. The van der Waals surface area contributed by atoms with Crippen LogP contribution in [0.15, 0.2) is 18.2 Å². The second-order valence-electron chi connectivity index (χ2n) is 3.51. The van der Waals surface area contributed by atoms with E-state index < -0.39 is 5.92 Å². The Labute approximate surface area is 82.9 Å². The predicted octanol–water partition coefficient (Wildman–Crippen LogP) is 2.74. The topological polar surface area (TPSA) is 26.0 Å². The first-order chi connectivity index (χ1) is 6.49. The lowest BCUT2D eigenvalue weighted by atomic mass is 9.95. The first-order valence-corrected chi connectivity index (χ1v) is 4.63. The van der Waals surface area contributed by atoms with Gasteiger partial charge in [-0.3, -0.25) is 0 Å². The second-order valence-corrected chi connectivity index (χ2v) is 3.51. The van der Waals surface area contributed by atoms with E-state index in [-0.39, 0.29) is 18.5 Å². The Kier molecular flexibility index (Phi) is 3.21. The molecule has 0 radical (unpaired) electrons. The second kappa shape index (κ2) is 4.05. The van der Waals surface area contributed by atoms with E-state index in [0.29, 0.717) is 11.1 Å². The van der Waals surface area contributed by atoms with Crippen molar-refractivity contribution in [2.45, 2.75) is 26.2 Å². The van der Waals surface area contributed by atoms with Gasteiger partial charge in [-0.05, 0) is 31.5 Å². The molecule has 0 atom stereocenters. The summed E-state index contributed by atoms with van der Waals surface area (Å²) in [5.41, 5.74) is 6.56. The number of hydrogen-bond acceptors (Lipinski definition) is 1. The molecule has 1 rings (SSSR count). The van der Waals surface area contributed by atoms with Gasteiger partial charge in [-0.2, -0.15) is 0 Å². The minimum absolute atomic E-state index is 0.000768. The van der Waals surface area contributed by atoms with E-state index in [1.807, 2.05) is 0 Å². The van der Waals surface area contributed by atoms with Gasteiger partial charge in [0, 0.05) is 12.0 Å². The van der Waals surface area contributed by atoms with Crippen molar-refractivity contribution in [3.63, 3.8) is 0 Å². The molecule has 0 amide bonds. The molecule has 0 spiro atoms. The molecule has 0 aliphatic rings. The van der Waals surface area contributed by atoms with Crippen molar-refractivity contribution in [1.29, 1.82) is 0 Å². The molecule has 1 nitrogen and oxygen atoms in total. The molecule has 0 aliphatic heterocycles. The fourth-order valence-corrected chi connectivity index (χ4v) is 1.70. The minimum Gasteiger partial charge on any atom is -0.330 e. The van der Waals surface area contributed by atoms with Crippen LogP contribution in [0, 0.1) is 13.8 Å². The molecule has 0 aromatic heterocycles. The van der Waals surface area contributed by atoms with Gasteiger partial charge in [0.2, 0.25) is 0 Å². The molecule has 2 N–H and O–H groups in total. The van der Waals surface area contributed by atoms with E-state index in [9.17, 15) is 8.78 Å². The van der Waals surface area contributed by atoms with Gasteiger partial charge in [0.05, 0.1) is 0 Å². The Morgan fingerprint density at radius 3 is 2.14 bits per heavy atom. The van der Waals surface area contributed by atoms with Crippen molar-refractivity contribution in [3.05, 3.63) is 34.9 Å². The van der Waals surface area contributed by atoms with E-state index >= 15 is 0 Å². The number of benzene rings is 1. The normalized spacial score (nSPS) is 11.8. The third-order valence-electron chi connectivity index (χ3n) is 2.31. The fraction of sp³-hybridized carbons (Fsp3) is 0.455. The quantitative estimate of drug-likeness (QED) is 0.795. The van der Waals surface area contributed by atoms with E-state index in [1.165, 1.54) is 0 Å². The van der Waals surface area contributed by atoms with Crippen LogP contribution in [0.3, 0.4) is 0 Å². The lowest BCUT2D eigenvalue weighted by Gasteiger charge is -2.20. The van der Waals surface area contributed by atoms with Gasteiger partial charge in [0.25, 0.3) is 5.92 Å². The van der Waals surface area contributed by atoms with Crippen LogP contribution in [-0.2, 0) is 5.92 Å². The number of nitrogens with two attached hydrogens (primary N) is 1. The average Bonchev–Trinajstić information content (AvgIpc) is 2.02. The standard InChI is InChI=1S/C11H15F2N/c1-8-4-3-5-9(2)10(8)11(12,13)6-7-14/h3-5H,6-7,14H2,1-2H3. The maximum atomic E-state index is 13.6. The zero-order chi connectivity index (χ0) is 10.8. The van der Waals surface area contributed by atoms with Crippen molar-refractivity contribution in [1.82, 2.24) is 0 Å². The summed E-state index contributed by atoms with van der Waals surface area (Å²) in [5.74, 6) is -2.80. The molecule has 0 unspecified atom stereocenters. The Hall–Kier alpha value is -0.960. The van der Waals surface area contributed by atoms with Crippen LogP contribution < -0.4 is 5.73 Å². The summed E-state index contributed by atoms with van der Waals surface area (Å²) >= 11 is 0. The van der Waals surface area contributed by atoms with Gasteiger partial charge in [-0.15, -0.1) is 0 Å². The summed E-state index contributed by atoms with van der Waals surface area (Å²) in [6.07, 6.45) is -0.293. The third kappa shape index (κ3) is 2.10. The summed E-state index contributed by atoms with van der Waals surface area (Å²) in [7, 11) is 0. The van der Waals surface area contributed by atoms with Crippen molar-refractivity contribution >= 4 is 0 Å². The maximum Gasteiger partial charge on any atom is 0.274 e. The number of rotatable bonds is 3. The highest BCUT2D eigenvalue weighted by atomic mass is 19.3. The number of alkyl halides is 2. The molecule has 1 aromatic rings. The largest absolute Gasteiger partial charge is 0.330 e. The molecular weight excluding hydrogens is 184 g/mol. The molecular formula is C11H15F2N. The minimum atomic E-state index is -2.80. The van der Waals surface area contributed by atoms with Crippen molar-refractivity contribution < 1.29 is 8.78 Å². The Morgan fingerprint density at radius 2 is 1.71 bits per heavy atom. The van der Waals surface area contributed by atoms with E-state index in [0.717, 1.165) is 0 Å². The lowest BCUT2D eigenvalue weighted by molar-refractivity contribution is -0.0119. The van der Waals surface area contributed by atoms with E-state index in [4.69, 9.17) is 5.73 Å². The molecule has 14 heavy (non-hydrogen) atoms. The summed E-state index contributed by atoms with van der Waals surface area (Å²) in [4.78, 5) is 0. The first kappa shape index (κ1) is 11.1. The molecule has 0 bridgehead atoms. The van der Waals surface area contributed by atoms with Gasteiger partial charge in [-0.25, -0.2) is 8.78 Å². The summed E-state index contributed by atoms with van der Waals surface area (Å²) in [6, 6.07) is 5.19. The zero-order valence-electron chi connectivity index (χ0n) is 8.48. The molecule has 0 fully saturated rings. The highest BCUT2D eigenvalue weighted by Gasteiger charge is 2.33. The monoisotopic (exact) mass is 199 g/mol. The van der Waals surface area contributed by atoms with E-state index in [1.54, 1.807) is 32.0 Å². The Morgan fingerprint density at radius 1 is 1.21 bits per heavy atom. The van der Waals surface area contributed by atoms with Crippen LogP contribution in [0.25, 0.3) is 0 Å². The van der Waals surface area contributed by atoms with Crippen molar-refractivity contribution in [2.24, 2.45) is 5.73 Å². The molecule has 0 aliphatic carbocycles. The number of hydrogen-bond donors (Lipinski definition) is 1. The van der Waals surface area contributed by atoms with Crippen LogP contribution in [0.1, 0.15) is 23.1 Å². The Balaban J connectivity index is 3.17. The van der Waals surface area contributed by atoms with Crippen LogP contribution in [-0.4, -0.2) is 6.54 Å². The summed E-state index contributed by atoms with van der Waals surface area (Å²) in [6.45, 7) is 3.40. The Bertz CT molecular complexity index is 301. The third-order valence-corrected chi connectivity index (χ3v) is 2.31. The fourth-order valence-electron chi connectivity index (χ4n) is 1.70. The van der Waals surface area contributed by atoms with Gasteiger partial charge in [0.15, 0.2) is 0 Å². The van der Waals surface area contributed by atoms with Gasteiger partial charge in [-0.1, -0.05) is 18.2 Å². The predicted molar refractivity (Wildman–Crippen MR) is 53.5 cm³/mol. The summed E-state index contributed by atoms with van der Waals surface area (Å²) in [5, 5.41) is 0. The zero-order valence-corrected chi connectivity index (χ0v) is 8.48. The maximum absolute atomic E-state index is 13.6.